The zero-order chi connectivity index (χ0) is 9.97. The zero-order valence-corrected chi connectivity index (χ0v) is 9.45. The van der Waals surface area contributed by atoms with E-state index < -0.39 is 0 Å². The van der Waals surface area contributed by atoms with Crippen LogP contribution in [0, 0.1) is 0 Å². The molecule has 72 valence electrons. The van der Waals surface area contributed by atoms with Crippen LogP contribution in [0.15, 0.2) is 29.0 Å². The van der Waals surface area contributed by atoms with Crippen molar-refractivity contribution < 1.29 is 4.79 Å². The van der Waals surface area contributed by atoms with Crippen LogP contribution in [-0.4, -0.2) is 5.78 Å². The summed E-state index contributed by atoms with van der Waals surface area (Å²) in [7, 11) is 0. The maximum absolute atomic E-state index is 11.9. The molecule has 2 aromatic rings. The molecule has 0 aromatic carbocycles. The van der Waals surface area contributed by atoms with E-state index >= 15 is 0 Å². The van der Waals surface area contributed by atoms with Gasteiger partial charge in [-0.15, -0.1) is 11.3 Å². The van der Waals surface area contributed by atoms with E-state index in [1.165, 1.54) is 4.88 Å². The van der Waals surface area contributed by atoms with Gasteiger partial charge in [0.05, 0.1) is 4.88 Å². The Balaban J connectivity index is 2.28. The van der Waals surface area contributed by atoms with Gasteiger partial charge in [0.25, 0.3) is 0 Å². The fourth-order valence-electron chi connectivity index (χ4n) is 1.23. The van der Waals surface area contributed by atoms with E-state index in [0.717, 1.165) is 16.9 Å². The predicted octanol–water partition coefficient (Wildman–Crippen LogP) is 3.60. The van der Waals surface area contributed by atoms with E-state index in [9.17, 15) is 4.79 Å². The fourth-order valence-corrected chi connectivity index (χ4v) is 2.77. The van der Waals surface area contributed by atoms with Gasteiger partial charge in [-0.3, -0.25) is 4.79 Å². The molecule has 0 spiro atoms. The molecule has 0 saturated heterocycles. The number of aryl methyl sites for hydroxylation is 1. The summed E-state index contributed by atoms with van der Waals surface area (Å²) in [5.74, 6) is 0.149. The monoisotopic (exact) mass is 222 g/mol. The summed E-state index contributed by atoms with van der Waals surface area (Å²) in [5, 5.41) is 3.83. The molecule has 2 heterocycles. The Kier molecular flexibility index (Phi) is 2.79. The number of ketones is 1. The van der Waals surface area contributed by atoms with Crippen LogP contribution in [0.1, 0.15) is 27.0 Å². The van der Waals surface area contributed by atoms with Gasteiger partial charge in [-0.05, 0) is 30.0 Å². The molecule has 2 rings (SSSR count). The fraction of sp³-hybridized carbons (Fsp3) is 0.182. The predicted molar refractivity (Wildman–Crippen MR) is 61.4 cm³/mol. The average molecular weight is 222 g/mol. The Morgan fingerprint density at radius 1 is 1.36 bits per heavy atom. The van der Waals surface area contributed by atoms with Crippen LogP contribution in [0.25, 0.3) is 0 Å². The second kappa shape index (κ2) is 4.07. The number of hydrogen-bond acceptors (Lipinski definition) is 3. The largest absolute Gasteiger partial charge is 0.288 e. The standard InChI is InChI=1S/C11H10OS2/c1-2-9-3-4-10(14-9)11(12)8-5-6-13-7-8/h3-7H,2H2,1H3. The Bertz CT molecular complexity index is 426. The molecular formula is C11H10OS2. The Labute approximate surface area is 91.0 Å². The lowest BCUT2D eigenvalue weighted by molar-refractivity contribution is 0.104. The Morgan fingerprint density at radius 2 is 2.21 bits per heavy atom. The molecule has 0 aliphatic rings. The number of carbonyl (C=O) groups is 1. The van der Waals surface area contributed by atoms with E-state index in [0.29, 0.717) is 0 Å². The van der Waals surface area contributed by atoms with Gasteiger partial charge < -0.3 is 0 Å². The molecule has 0 radical (unpaired) electrons. The molecule has 2 aromatic heterocycles. The summed E-state index contributed by atoms with van der Waals surface area (Å²) in [6.07, 6.45) is 1.00. The zero-order valence-electron chi connectivity index (χ0n) is 7.82. The van der Waals surface area contributed by atoms with Crippen LogP contribution in [0.5, 0.6) is 0 Å². The topological polar surface area (TPSA) is 17.1 Å². The van der Waals surface area contributed by atoms with Crippen LogP contribution < -0.4 is 0 Å². The third-order valence-electron chi connectivity index (χ3n) is 2.02. The van der Waals surface area contributed by atoms with Gasteiger partial charge in [-0.1, -0.05) is 6.92 Å². The normalized spacial score (nSPS) is 10.4. The lowest BCUT2D eigenvalue weighted by Gasteiger charge is -1.91. The van der Waals surface area contributed by atoms with E-state index in [-0.39, 0.29) is 5.78 Å². The van der Waals surface area contributed by atoms with Crippen LogP contribution in [-0.2, 0) is 6.42 Å². The van der Waals surface area contributed by atoms with E-state index in [4.69, 9.17) is 0 Å². The summed E-state index contributed by atoms with van der Waals surface area (Å²) in [4.78, 5) is 14.0. The maximum Gasteiger partial charge on any atom is 0.203 e. The number of hydrogen-bond donors (Lipinski definition) is 0. The van der Waals surface area contributed by atoms with Gasteiger partial charge in [0.15, 0.2) is 0 Å². The van der Waals surface area contributed by atoms with Crippen molar-refractivity contribution in [2.75, 3.05) is 0 Å². The van der Waals surface area contributed by atoms with E-state index in [1.54, 1.807) is 22.7 Å². The van der Waals surface area contributed by atoms with Gasteiger partial charge in [0.1, 0.15) is 0 Å². The second-order valence-electron chi connectivity index (χ2n) is 2.96. The van der Waals surface area contributed by atoms with Gasteiger partial charge in [0, 0.05) is 15.8 Å². The molecule has 3 heteroatoms. The lowest BCUT2D eigenvalue weighted by Crippen LogP contribution is -1.94. The average Bonchev–Trinajstić information content (AvgIpc) is 2.88. The van der Waals surface area contributed by atoms with E-state index in [1.807, 2.05) is 29.0 Å². The van der Waals surface area contributed by atoms with Crippen molar-refractivity contribution >= 4 is 28.5 Å². The van der Waals surface area contributed by atoms with Crippen molar-refractivity contribution in [3.05, 3.63) is 44.3 Å². The second-order valence-corrected chi connectivity index (χ2v) is 4.91. The highest BCUT2D eigenvalue weighted by Crippen LogP contribution is 2.21. The summed E-state index contributed by atoms with van der Waals surface area (Å²) >= 11 is 3.15. The Hall–Kier alpha value is -0.930. The highest BCUT2D eigenvalue weighted by atomic mass is 32.1. The molecule has 0 aliphatic heterocycles. The van der Waals surface area contributed by atoms with Crippen LogP contribution in [0.2, 0.25) is 0 Å². The van der Waals surface area contributed by atoms with Crippen molar-refractivity contribution in [2.45, 2.75) is 13.3 Å². The van der Waals surface area contributed by atoms with Crippen LogP contribution in [0.3, 0.4) is 0 Å². The summed E-state index contributed by atoms with van der Waals surface area (Å²) in [6.45, 7) is 2.10. The molecule has 0 amide bonds. The van der Waals surface area contributed by atoms with Crippen molar-refractivity contribution in [1.29, 1.82) is 0 Å². The first-order chi connectivity index (χ1) is 6.81. The van der Waals surface area contributed by atoms with Crippen molar-refractivity contribution in [2.24, 2.45) is 0 Å². The minimum atomic E-state index is 0.149. The smallest absolute Gasteiger partial charge is 0.203 e. The quantitative estimate of drug-likeness (QED) is 0.725. The molecule has 0 saturated carbocycles. The summed E-state index contributed by atoms with van der Waals surface area (Å²) in [6, 6.07) is 5.83. The Morgan fingerprint density at radius 3 is 2.79 bits per heavy atom. The first-order valence-electron chi connectivity index (χ1n) is 4.47. The van der Waals surface area contributed by atoms with Gasteiger partial charge >= 0.3 is 0 Å². The maximum atomic E-state index is 11.9. The first kappa shape index (κ1) is 9.62. The molecule has 1 nitrogen and oxygen atoms in total. The van der Waals surface area contributed by atoms with Crippen molar-refractivity contribution in [3.63, 3.8) is 0 Å². The van der Waals surface area contributed by atoms with Gasteiger partial charge in [-0.2, -0.15) is 11.3 Å². The molecule has 0 N–H and O–H groups in total. The number of thiophene rings is 2. The number of rotatable bonds is 3. The minimum absolute atomic E-state index is 0.149. The highest BCUT2D eigenvalue weighted by molar-refractivity contribution is 7.14. The third-order valence-corrected chi connectivity index (χ3v) is 3.93. The molecule has 0 unspecified atom stereocenters. The van der Waals surface area contributed by atoms with Crippen LogP contribution >= 0.6 is 22.7 Å². The minimum Gasteiger partial charge on any atom is -0.288 e. The third kappa shape index (κ3) is 1.79. The number of carbonyl (C=O) groups excluding carboxylic acids is 1. The van der Waals surface area contributed by atoms with Crippen molar-refractivity contribution in [1.82, 2.24) is 0 Å². The van der Waals surface area contributed by atoms with Gasteiger partial charge in [-0.25, -0.2) is 0 Å². The first-order valence-corrected chi connectivity index (χ1v) is 6.23. The summed E-state index contributed by atoms with van der Waals surface area (Å²) < 4.78 is 0. The van der Waals surface area contributed by atoms with Crippen LogP contribution in [0.4, 0.5) is 0 Å². The molecule has 0 fully saturated rings. The van der Waals surface area contributed by atoms with Crippen molar-refractivity contribution in [3.8, 4) is 0 Å². The lowest BCUT2D eigenvalue weighted by atomic mass is 10.2. The van der Waals surface area contributed by atoms with E-state index in [2.05, 4.69) is 6.92 Å². The molecule has 0 aliphatic carbocycles. The highest BCUT2D eigenvalue weighted by Gasteiger charge is 2.11. The molecule has 14 heavy (non-hydrogen) atoms. The SMILES string of the molecule is CCc1ccc(C(=O)c2ccsc2)s1. The van der Waals surface area contributed by atoms with Gasteiger partial charge in [0.2, 0.25) is 5.78 Å². The molecular weight excluding hydrogens is 212 g/mol. The molecule has 0 atom stereocenters. The summed E-state index contributed by atoms with van der Waals surface area (Å²) in [5.41, 5.74) is 0.805. The molecule has 0 bridgehead atoms.